The van der Waals surface area contributed by atoms with E-state index in [1.165, 1.54) is 0 Å². The quantitative estimate of drug-likeness (QED) is 0.634. The first-order valence-electron chi connectivity index (χ1n) is 5.57. The number of nitrogens with zero attached hydrogens (tertiary/aromatic N) is 1. The summed E-state index contributed by atoms with van der Waals surface area (Å²) in [6.45, 7) is 0. The molecule has 0 amide bonds. The van der Waals surface area contributed by atoms with E-state index in [-0.39, 0.29) is 5.43 Å². The molecule has 0 unspecified atom stereocenters. The van der Waals surface area contributed by atoms with Crippen molar-refractivity contribution in [3.05, 3.63) is 45.1 Å². The molecule has 0 bridgehead atoms. The third-order valence-electron chi connectivity index (χ3n) is 3.24. The van der Waals surface area contributed by atoms with Gasteiger partial charge in [0.15, 0.2) is 5.43 Å². The summed E-state index contributed by atoms with van der Waals surface area (Å²) in [5, 5.41) is 2.75. The SMILES string of the molecule is Cn1c2c(c(=O)c3ccccc31)=CCCC=2. The molecule has 2 heteroatoms. The molecule has 80 valence electrons. The van der Waals surface area contributed by atoms with Gasteiger partial charge in [0.05, 0.1) is 5.52 Å². The summed E-state index contributed by atoms with van der Waals surface area (Å²) in [6.07, 6.45) is 6.21. The molecule has 0 N–H and O–H groups in total. The average Bonchev–Trinajstić information content (AvgIpc) is 2.36. The van der Waals surface area contributed by atoms with Gasteiger partial charge in [-0.2, -0.15) is 0 Å². The van der Waals surface area contributed by atoms with Crippen LogP contribution < -0.4 is 16.0 Å². The molecule has 1 aliphatic rings. The van der Waals surface area contributed by atoms with Gasteiger partial charge in [-0.05, 0) is 25.0 Å². The topological polar surface area (TPSA) is 22.0 Å². The fraction of sp³-hybridized carbons (Fsp3) is 0.214. The van der Waals surface area contributed by atoms with Crippen molar-refractivity contribution in [3.63, 3.8) is 0 Å². The Morgan fingerprint density at radius 3 is 2.75 bits per heavy atom. The first-order chi connectivity index (χ1) is 7.79. The zero-order chi connectivity index (χ0) is 11.1. The van der Waals surface area contributed by atoms with Crippen LogP contribution in [0.15, 0.2) is 29.1 Å². The second-order valence-electron chi connectivity index (χ2n) is 4.19. The van der Waals surface area contributed by atoms with Crippen molar-refractivity contribution >= 4 is 23.1 Å². The Balaban J connectivity index is 2.72. The molecule has 16 heavy (non-hydrogen) atoms. The number of aryl methyl sites for hydroxylation is 1. The van der Waals surface area contributed by atoms with E-state index < -0.39 is 0 Å². The fourth-order valence-electron chi connectivity index (χ4n) is 2.42. The van der Waals surface area contributed by atoms with Gasteiger partial charge in [-0.15, -0.1) is 0 Å². The molecular formula is C14H13NO. The molecule has 0 spiro atoms. The van der Waals surface area contributed by atoms with Crippen LogP contribution in [-0.2, 0) is 7.05 Å². The van der Waals surface area contributed by atoms with Gasteiger partial charge in [-0.3, -0.25) is 4.79 Å². The van der Waals surface area contributed by atoms with E-state index in [9.17, 15) is 4.79 Å². The minimum absolute atomic E-state index is 0.166. The van der Waals surface area contributed by atoms with E-state index in [2.05, 4.69) is 16.7 Å². The van der Waals surface area contributed by atoms with Crippen LogP contribution in [0.5, 0.6) is 0 Å². The van der Waals surface area contributed by atoms with Gasteiger partial charge >= 0.3 is 0 Å². The molecule has 0 saturated heterocycles. The maximum absolute atomic E-state index is 12.3. The lowest BCUT2D eigenvalue weighted by atomic mass is 10.1. The molecule has 0 fully saturated rings. The smallest absolute Gasteiger partial charge is 0.196 e. The summed E-state index contributed by atoms with van der Waals surface area (Å²) in [5.41, 5.74) is 1.18. The molecule has 1 aromatic carbocycles. The molecular weight excluding hydrogens is 198 g/mol. The van der Waals surface area contributed by atoms with Crippen molar-refractivity contribution in [2.24, 2.45) is 7.05 Å². The number of hydrogen-bond acceptors (Lipinski definition) is 1. The minimum atomic E-state index is 0.166. The van der Waals surface area contributed by atoms with Gasteiger partial charge in [0.25, 0.3) is 0 Å². The summed E-state index contributed by atoms with van der Waals surface area (Å²) in [6, 6.07) is 7.79. The Bertz CT molecular complexity index is 738. The van der Waals surface area contributed by atoms with Crippen LogP contribution in [0.4, 0.5) is 0 Å². The first kappa shape index (κ1) is 9.40. The zero-order valence-corrected chi connectivity index (χ0v) is 9.23. The monoisotopic (exact) mass is 211 g/mol. The molecule has 2 aromatic rings. The normalized spacial score (nSPS) is 14.1. The highest BCUT2D eigenvalue weighted by atomic mass is 16.1. The summed E-state index contributed by atoms with van der Waals surface area (Å²) >= 11 is 0. The summed E-state index contributed by atoms with van der Waals surface area (Å²) in [5.74, 6) is 0. The predicted molar refractivity (Wildman–Crippen MR) is 66.6 cm³/mol. The zero-order valence-electron chi connectivity index (χ0n) is 9.23. The Morgan fingerprint density at radius 1 is 1.12 bits per heavy atom. The van der Waals surface area contributed by atoms with Crippen LogP contribution in [0.3, 0.4) is 0 Å². The Morgan fingerprint density at radius 2 is 1.88 bits per heavy atom. The maximum atomic E-state index is 12.3. The maximum Gasteiger partial charge on any atom is 0.196 e. The number of fused-ring (bicyclic) bond motifs is 2. The molecule has 0 atom stereocenters. The third kappa shape index (κ3) is 1.16. The Labute approximate surface area is 93.1 Å². The van der Waals surface area contributed by atoms with E-state index in [4.69, 9.17) is 0 Å². The van der Waals surface area contributed by atoms with Crippen molar-refractivity contribution < 1.29 is 0 Å². The largest absolute Gasteiger partial charge is 0.344 e. The molecule has 1 aliphatic carbocycles. The highest BCUT2D eigenvalue weighted by molar-refractivity contribution is 5.79. The highest BCUT2D eigenvalue weighted by Gasteiger charge is 2.06. The second kappa shape index (κ2) is 3.34. The van der Waals surface area contributed by atoms with Crippen LogP contribution in [-0.4, -0.2) is 4.57 Å². The van der Waals surface area contributed by atoms with Crippen molar-refractivity contribution in [1.82, 2.24) is 4.57 Å². The Hall–Kier alpha value is -1.83. The van der Waals surface area contributed by atoms with Crippen LogP contribution in [0.25, 0.3) is 23.1 Å². The average molecular weight is 211 g/mol. The van der Waals surface area contributed by atoms with Gasteiger partial charge in [-0.1, -0.05) is 24.3 Å². The van der Waals surface area contributed by atoms with E-state index in [0.717, 1.165) is 34.3 Å². The van der Waals surface area contributed by atoms with Crippen molar-refractivity contribution in [3.8, 4) is 0 Å². The van der Waals surface area contributed by atoms with Crippen LogP contribution in [0.2, 0.25) is 0 Å². The molecule has 1 heterocycles. The standard InChI is InChI=1S/C14H13NO/c1-15-12-8-4-2-6-10(12)14(16)11-7-3-5-9-13(11)15/h2,4,6-9H,3,5H2,1H3. The molecule has 0 radical (unpaired) electrons. The lowest BCUT2D eigenvalue weighted by molar-refractivity contribution is 0.882. The first-order valence-corrected chi connectivity index (χ1v) is 5.57. The van der Waals surface area contributed by atoms with Crippen molar-refractivity contribution in [1.29, 1.82) is 0 Å². The number of rotatable bonds is 0. The second-order valence-corrected chi connectivity index (χ2v) is 4.19. The molecule has 0 aliphatic heterocycles. The summed E-state index contributed by atoms with van der Waals surface area (Å²) < 4.78 is 2.11. The minimum Gasteiger partial charge on any atom is -0.344 e. The molecule has 0 saturated carbocycles. The van der Waals surface area contributed by atoms with Crippen LogP contribution in [0, 0.1) is 0 Å². The lowest BCUT2D eigenvalue weighted by Crippen LogP contribution is -2.45. The summed E-state index contributed by atoms with van der Waals surface area (Å²) in [4.78, 5) is 12.3. The number of hydrogen-bond donors (Lipinski definition) is 0. The lowest BCUT2D eigenvalue weighted by Gasteiger charge is -2.09. The third-order valence-corrected chi connectivity index (χ3v) is 3.24. The van der Waals surface area contributed by atoms with Gasteiger partial charge in [0.2, 0.25) is 0 Å². The van der Waals surface area contributed by atoms with Crippen molar-refractivity contribution in [2.45, 2.75) is 12.8 Å². The highest BCUT2D eigenvalue weighted by Crippen LogP contribution is 2.05. The van der Waals surface area contributed by atoms with E-state index in [0.29, 0.717) is 0 Å². The number of aromatic nitrogens is 1. The van der Waals surface area contributed by atoms with Gasteiger partial charge < -0.3 is 4.57 Å². The van der Waals surface area contributed by atoms with Gasteiger partial charge in [-0.25, -0.2) is 0 Å². The predicted octanol–water partition coefficient (Wildman–Crippen LogP) is 0.893. The molecule has 3 rings (SSSR count). The van der Waals surface area contributed by atoms with E-state index >= 15 is 0 Å². The van der Waals surface area contributed by atoms with Gasteiger partial charge in [0, 0.05) is 23.0 Å². The molecule has 2 nitrogen and oxygen atoms in total. The fourth-order valence-corrected chi connectivity index (χ4v) is 2.42. The van der Waals surface area contributed by atoms with Crippen molar-refractivity contribution in [2.75, 3.05) is 0 Å². The van der Waals surface area contributed by atoms with Crippen LogP contribution >= 0.6 is 0 Å². The van der Waals surface area contributed by atoms with E-state index in [1.807, 2.05) is 31.3 Å². The number of pyridine rings is 1. The Kier molecular flexibility index (Phi) is 1.96. The van der Waals surface area contributed by atoms with E-state index in [1.54, 1.807) is 0 Å². The number of benzene rings is 1. The van der Waals surface area contributed by atoms with Gasteiger partial charge in [0.1, 0.15) is 0 Å². The number of para-hydroxylation sites is 1. The molecule has 1 aromatic heterocycles. The summed E-state index contributed by atoms with van der Waals surface area (Å²) in [7, 11) is 2.02. The van der Waals surface area contributed by atoms with Crippen LogP contribution in [0.1, 0.15) is 12.8 Å².